The minimum Gasteiger partial charge on any atom is -0.389 e. The van der Waals surface area contributed by atoms with E-state index in [-0.39, 0.29) is 22.7 Å². The van der Waals surface area contributed by atoms with Gasteiger partial charge < -0.3 is 9.84 Å². The second kappa shape index (κ2) is 2.85. The van der Waals surface area contributed by atoms with Crippen molar-refractivity contribution in [2.45, 2.75) is 51.7 Å². The molecule has 3 saturated carbocycles. The summed E-state index contributed by atoms with van der Waals surface area (Å²) in [7, 11) is 0. The molecule has 1 N–H and O–H groups in total. The van der Waals surface area contributed by atoms with E-state index in [1.807, 2.05) is 0 Å². The van der Waals surface area contributed by atoms with Crippen LogP contribution in [0.5, 0.6) is 0 Å². The van der Waals surface area contributed by atoms with E-state index in [9.17, 15) is 9.90 Å². The third-order valence-corrected chi connectivity index (χ3v) is 6.98. The number of fused-ring (bicyclic) bond motifs is 2. The largest absolute Gasteiger partial charge is 0.389 e. The molecule has 18 heavy (non-hydrogen) atoms. The van der Waals surface area contributed by atoms with Gasteiger partial charge in [-0.2, -0.15) is 0 Å². The molecule has 7 atom stereocenters. The smallest absolute Gasteiger partial charge is 0.142 e. The number of Topliss-reactive ketones (excluding diaryl/α,β-unsaturated/α-hetero) is 1. The highest BCUT2D eigenvalue weighted by molar-refractivity contribution is 5.87. The number of aliphatic hydroxyl groups excluding tert-OH is 1. The Kier molecular flexibility index (Phi) is 1.81. The molecule has 4 rings (SSSR count). The van der Waals surface area contributed by atoms with Crippen molar-refractivity contribution in [3.05, 3.63) is 0 Å². The van der Waals surface area contributed by atoms with Gasteiger partial charge in [0.1, 0.15) is 11.4 Å². The van der Waals surface area contributed by atoms with E-state index in [1.54, 1.807) is 0 Å². The fourth-order valence-corrected chi connectivity index (χ4v) is 5.77. The molecule has 1 spiro atoms. The van der Waals surface area contributed by atoms with Crippen molar-refractivity contribution in [1.82, 2.24) is 0 Å². The Morgan fingerprint density at radius 1 is 1.39 bits per heavy atom. The van der Waals surface area contributed by atoms with Gasteiger partial charge in [0.2, 0.25) is 0 Å². The highest BCUT2D eigenvalue weighted by Gasteiger charge is 2.79. The van der Waals surface area contributed by atoms with Crippen molar-refractivity contribution in [2.75, 3.05) is 6.61 Å². The number of carbonyl (C=O) groups excluding carboxylic acids is 1. The molecule has 4 aliphatic rings. The quantitative estimate of drug-likeness (QED) is 0.713. The lowest BCUT2D eigenvalue weighted by Crippen LogP contribution is -2.70. The molecule has 0 amide bonds. The second-order valence-electron chi connectivity index (χ2n) is 7.65. The summed E-state index contributed by atoms with van der Waals surface area (Å²) in [5.41, 5.74) is -0.750. The molecule has 0 aromatic rings. The SMILES string of the molecule is C[C@H]1C(=O)C2C[C@]3(C)CO[C@@]2([C@H]3O)[C@@]2(C)CC[C@@H]12. The lowest BCUT2D eigenvalue weighted by Gasteiger charge is -2.64. The maximum absolute atomic E-state index is 12.6. The third-order valence-electron chi connectivity index (χ3n) is 6.98. The molecule has 1 saturated heterocycles. The Bertz CT molecular complexity index is 447. The second-order valence-corrected chi connectivity index (χ2v) is 7.65. The van der Waals surface area contributed by atoms with Crippen LogP contribution in [0.2, 0.25) is 0 Å². The van der Waals surface area contributed by atoms with Gasteiger partial charge in [-0.25, -0.2) is 0 Å². The van der Waals surface area contributed by atoms with Crippen LogP contribution < -0.4 is 0 Å². The van der Waals surface area contributed by atoms with Gasteiger partial charge in [-0.1, -0.05) is 20.8 Å². The topological polar surface area (TPSA) is 46.5 Å². The summed E-state index contributed by atoms with van der Waals surface area (Å²) in [5, 5.41) is 10.8. The van der Waals surface area contributed by atoms with Gasteiger partial charge in [0.15, 0.2) is 0 Å². The van der Waals surface area contributed by atoms with E-state index < -0.39 is 11.7 Å². The lowest BCUT2D eigenvalue weighted by atomic mass is 9.43. The highest BCUT2D eigenvalue weighted by Crippen LogP contribution is 2.73. The van der Waals surface area contributed by atoms with E-state index >= 15 is 0 Å². The zero-order chi connectivity index (χ0) is 12.9. The average molecular weight is 250 g/mol. The normalized spacial score (nSPS) is 65.4. The van der Waals surface area contributed by atoms with Crippen molar-refractivity contribution in [1.29, 1.82) is 0 Å². The van der Waals surface area contributed by atoms with Gasteiger partial charge in [-0.15, -0.1) is 0 Å². The van der Waals surface area contributed by atoms with Crippen molar-refractivity contribution in [2.24, 2.45) is 28.6 Å². The first-order valence-electron chi connectivity index (χ1n) is 7.23. The number of aliphatic hydroxyl groups is 1. The van der Waals surface area contributed by atoms with Gasteiger partial charge in [0, 0.05) is 16.7 Å². The Morgan fingerprint density at radius 2 is 2.11 bits per heavy atom. The molecule has 1 aliphatic heterocycles. The van der Waals surface area contributed by atoms with Crippen LogP contribution in [0.4, 0.5) is 0 Å². The first kappa shape index (κ1) is 11.4. The minimum atomic E-state index is -0.561. The van der Waals surface area contributed by atoms with Gasteiger partial charge in [-0.3, -0.25) is 4.79 Å². The predicted octanol–water partition coefficient (Wildman–Crippen LogP) is 1.78. The first-order chi connectivity index (χ1) is 8.37. The fourth-order valence-electron chi connectivity index (χ4n) is 5.77. The highest BCUT2D eigenvalue weighted by atomic mass is 16.5. The Morgan fingerprint density at radius 3 is 2.67 bits per heavy atom. The zero-order valence-electron chi connectivity index (χ0n) is 11.4. The monoisotopic (exact) mass is 250 g/mol. The summed E-state index contributed by atoms with van der Waals surface area (Å²) in [4.78, 5) is 12.6. The van der Waals surface area contributed by atoms with Crippen molar-refractivity contribution >= 4 is 5.78 Å². The number of rotatable bonds is 0. The molecule has 1 heterocycles. The zero-order valence-corrected chi connectivity index (χ0v) is 11.4. The number of hydrogen-bond acceptors (Lipinski definition) is 3. The molecule has 0 aromatic heterocycles. The summed E-state index contributed by atoms with van der Waals surface area (Å²) in [5.74, 6) is 0.844. The summed E-state index contributed by atoms with van der Waals surface area (Å²) >= 11 is 0. The molecule has 4 fully saturated rings. The van der Waals surface area contributed by atoms with Crippen LogP contribution in [-0.4, -0.2) is 29.2 Å². The summed E-state index contributed by atoms with van der Waals surface area (Å²) in [6.07, 6.45) is 2.57. The molecule has 1 unspecified atom stereocenters. The van der Waals surface area contributed by atoms with Gasteiger partial charge in [0.25, 0.3) is 0 Å². The van der Waals surface area contributed by atoms with Gasteiger partial charge in [-0.05, 0) is 25.2 Å². The van der Waals surface area contributed by atoms with Crippen molar-refractivity contribution < 1.29 is 14.6 Å². The maximum Gasteiger partial charge on any atom is 0.142 e. The van der Waals surface area contributed by atoms with Crippen molar-refractivity contribution in [3.8, 4) is 0 Å². The number of ketones is 1. The minimum absolute atomic E-state index is 0.0126. The standard InChI is InChI=1S/C15H22O3/c1-8-9-4-5-14(9,3)15-10(11(8)16)6-13(2,7-18-15)12(15)17/h8-10,12,17H,4-7H2,1-3H3/t8-,9+,10?,12+,13-,14+,15+/m1/s1. The van der Waals surface area contributed by atoms with E-state index in [1.165, 1.54) is 0 Å². The van der Waals surface area contributed by atoms with Crippen LogP contribution in [0.25, 0.3) is 0 Å². The fraction of sp³-hybridized carbons (Fsp3) is 0.933. The van der Waals surface area contributed by atoms with Crippen LogP contribution in [0, 0.1) is 28.6 Å². The van der Waals surface area contributed by atoms with Crippen LogP contribution in [0.1, 0.15) is 40.0 Å². The Balaban J connectivity index is 1.90. The maximum atomic E-state index is 12.6. The summed E-state index contributed by atoms with van der Waals surface area (Å²) in [6.45, 7) is 7.03. The molecule has 2 bridgehead atoms. The third kappa shape index (κ3) is 0.847. The van der Waals surface area contributed by atoms with E-state index in [0.717, 1.165) is 19.3 Å². The van der Waals surface area contributed by atoms with Crippen LogP contribution in [-0.2, 0) is 9.53 Å². The van der Waals surface area contributed by atoms with E-state index in [2.05, 4.69) is 20.8 Å². The van der Waals surface area contributed by atoms with Gasteiger partial charge in [0.05, 0.1) is 18.6 Å². The Hall–Kier alpha value is -0.410. The number of ether oxygens (including phenoxy) is 1. The van der Waals surface area contributed by atoms with E-state index in [0.29, 0.717) is 18.3 Å². The van der Waals surface area contributed by atoms with Crippen LogP contribution >= 0.6 is 0 Å². The lowest BCUT2D eigenvalue weighted by molar-refractivity contribution is -0.246. The van der Waals surface area contributed by atoms with Crippen LogP contribution in [0.3, 0.4) is 0 Å². The first-order valence-corrected chi connectivity index (χ1v) is 7.23. The van der Waals surface area contributed by atoms with Gasteiger partial charge >= 0.3 is 0 Å². The Labute approximate surface area is 108 Å². The van der Waals surface area contributed by atoms with Crippen LogP contribution in [0.15, 0.2) is 0 Å². The van der Waals surface area contributed by atoms with Crippen molar-refractivity contribution in [3.63, 3.8) is 0 Å². The number of hydrogen-bond donors (Lipinski definition) is 1. The number of carbonyl (C=O) groups is 1. The molecular weight excluding hydrogens is 228 g/mol. The summed E-state index contributed by atoms with van der Waals surface area (Å²) < 4.78 is 6.14. The summed E-state index contributed by atoms with van der Waals surface area (Å²) in [6, 6.07) is 0. The predicted molar refractivity (Wildman–Crippen MR) is 65.9 cm³/mol. The molecule has 0 radical (unpaired) electrons. The average Bonchev–Trinajstić information content (AvgIpc) is 2.70. The molecule has 100 valence electrons. The molecule has 3 nitrogen and oxygen atoms in total. The molecule has 0 aromatic carbocycles. The molecule has 3 heteroatoms. The van der Waals surface area contributed by atoms with E-state index in [4.69, 9.17) is 4.74 Å². The molecular formula is C15H22O3. The molecule has 3 aliphatic carbocycles.